The number of carbonyl (C=O) groups is 1. The normalized spacial score (nSPS) is 15.9. The van der Waals surface area contributed by atoms with E-state index in [0.29, 0.717) is 19.2 Å². The molecule has 1 fully saturated rings. The molecule has 1 amide bonds. The SMILES string of the molecule is C[NH+](CCOc1ccc(Br)cc1)CC(=O)NC1CC1. The minimum absolute atomic E-state index is 0.142. The molecule has 4 nitrogen and oxygen atoms in total. The minimum atomic E-state index is 0.142. The lowest BCUT2D eigenvalue weighted by molar-refractivity contribution is -0.871. The van der Waals surface area contributed by atoms with E-state index in [1.807, 2.05) is 31.3 Å². The Morgan fingerprint density at radius 1 is 1.42 bits per heavy atom. The number of quaternary nitrogens is 1. The summed E-state index contributed by atoms with van der Waals surface area (Å²) in [5.41, 5.74) is 0. The molecule has 1 aliphatic carbocycles. The van der Waals surface area contributed by atoms with Gasteiger partial charge in [0.1, 0.15) is 18.9 Å². The van der Waals surface area contributed by atoms with E-state index in [2.05, 4.69) is 21.2 Å². The highest BCUT2D eigenvalue weighted by Crippen LogP contribution is 2.18. The van der Waals surface area contributed by atoms with Crippen LogP contribution in [0.4, 0.5) is 0 Å². The van der Waals surface area contributed by atoms with E-state index in [1.54, 1.807) is 0 Å². The maximum Gasteiger partial charge on any atom is 0.275 e. The van der Waals surface area contributed by atoms with E-state index in [4.69, 9.17) is 4.74 Å². The van der Waals surface area contributed by atoms with Crippen LogP contribution < -0.4 is 15.0 Å². The first-order valence-electron chi connectivity index (χ1n) is 6.62. The Hall–Kier alpha value is -1.07. The molecule has 1 aromatic carbocycles. The highest BCUT2D eigenvalue weighted by molar-refractivity contribution is 9.10. The van der Waals surface area contributed by atoms with Crippen LogP contribution in [0.25, 0.3) is 0 Å². The van der Waals surface area contributed by atoms with E-state index >= 15 is 0 Å². The molecule has 1 aliphatic rings. The molecule has 0 radical (unpaired) electrons. The van der Waals surface area contributed by atoms with Crippen molar-refractivity contribution in [2.24, 2.45) is 0 Å². The molecule has 0 heterocycles. The average Bonchev–Trinajstić information content (AvgIpc) is 3.15. The molecule has 2 rings (SSSR count). The zero-order chi connectivity index (χ0) is 13.7. The summed E-state index contributed by atoms with van der Waals surface area (Å²) < 4.78 is 6.67. The Bertz CT molecular complexity index is 418. The van der Waals surface area contributed by atoms with Crippen molar-refractivity contribution in [3.63, 3.8) is 0 Å². The lowest BCUT2D eigenvalue weighted by Crippen LogP contribution is -3.10. The molecular formula is C14H20BrN2O2+. The van der Waals surface area contributed by atoms with Gasteiger partial charge in [-0.2, -0.15) is 0 Å². The van der Waals surface area contributed by atoms with Crippen LogP contribution in [0, 0.1) is 0 Å². The molecule has 104 valence electrons. The maximum absolute atomic E-state index is 11.6. The van der Waals surface area contributed by atoms with Gasteiger partial charge in [-0.15, -0.1) is 0 Å². The minimum Gasteiger partial charge on any atom is -0.488 e. The molecular weight excluding hydrogens is 308 g/mol. The van der Waals surface area contributed by atoms with Gasteiger partial charge >= 0.3 is 0 Å². The number of hydrogen-bond donors (Lipinski definition) is 2. The van der Waals surface area contributed by atoms with Gasteiger partial charge in [0.05, 0.1) is 7.05 Å². The first kappa shape index (κ1) is 14.3. The van der Waals surface area contributed by atoms with Crippen LogP contribution in [0.1, 0.15) is 12.8 Å². The summed E-state index contributed by atoms with van der Waals surface area (Å²) in [5, 5.41) is 2.99. The van der Waals surface area contributed by atoms with Gasteiger partial charge in [-0.3, -0.25) is 4.79 Å². The molecule has 5 heteroatoms. The molecule has 2 N–H and O–H groups in total. The standard InChI is InChI=1S/C14H19BrN2O2/c1-17(10-14(18)16-12-4-5-12)8-9-19-13-6-2-11(15)3-7-13/h2-3,6-7,12H,4-5,8-10H2,1H3,(H,16,18)/p+1. The first-order valence-corrected chi connectivity index (χ1v) is 7.42. The molecule has 19 heavy (non-hydrogen) atoms. The largest absolute Gasteiger partial charge is 0.488 e. The molecule has 0 saturated heterocycles. The van der Waals surface area contributed by atoms with Crippen LogP contribution in [-0.2, 0) is 4.79 Å². The van der Waals surface area contributed by atoms with Gasteiger partial charge in [0.2, 0.25) is 0 Å². The fraction of sp³-hybridized carbons (Fsp3) is 0.500. The molecule has 1 aromatic rings. The lowest BCUT2D eigenvalue weighted by atomic mass is 10.3. The summed E-state index contributed by atoms with van der Waals surface area (Å²) in [5.74, 6) is 1.00. The van der Waals surface area contributed by atoms with E-state index in [1.165, 1.54) is 0 Å². The topological polar surface area (TPSA) is 42.8 Å². The van der Waals surface area contributed by atoms with Gasteiger partial charge < -0.3 is 15.0 Å². The van der Waals surface area contributed by atoms with E-state index in [9.17, 15) is 4.79 Å². The number of benzene rings is 1. The number of likely N-dealkylation sites (N-methyl/N-ethyl adjacent to an activating group) is 1. The third kappa shape index (κ3) is 5.61. The van der Waals surface area contributed by atoms with Crippen molar-refractivity contribution >= 4 is 21.8 Å². The second kappa shape index (κ2) is 6.91. The number of halogens is 1. The summed E-state index contributed by atoms with van der Waals surface area (Å²) in [7, 11) is 2.01. The van der Waals surface area contributed by atoms with Crippen molar-refractivity contribution in [2.45, 2.75) is 18.9 Å². The van der Waals surface area contributed by atoms with Gasteiger partial charge in [-0.1, -0.05) is 15.9 Å². The van der Waals surface area contributed by atoms with Crippen LogP contribution >= 0.6 is 15.9 Å². The Kier molecular flexibility index (Phi) is 5.22. The number of rotatable bonds is 7. The zero-order valence-electron chi connectivity index (χ0n) is 11.1. The summed E-state index contributed by atoms with van der Waals surface area (Å²) >= 11 is 3.38. The second-order valence-electron chi connectivity index (χ2n) is 5.03. The van der Waals surface area contributed by atoms with Gasteiger partial charge in [0.15, 0.2) is 6.54 Å². The summed E-state index contributed by atoms with van der Waals surface area (Å²) in [6.45, 7) is 1.94. The monoisotopic (exact) mass is 327 g/mol. The van der Waals surface area contributed by atoms with Crippen LogP contribution in [0.5, 0.6) is 5.75 Å². The van der Waals surface area contributed by atoms with Crippen LogP contribution in [0.3, 0.4) is 0 Å². The van der Waals surface area contributed by atoms with Crippen LogP contribution in [0.2, 0.25) is 0 Å². The Labute approximate surface area is 122 Å². The number of carbonyl (C=O) groups excluding carboxylic acids is 1. The van der Waals surface area contributed by atoms with Crippen LogP contribution in [0.15, 0.2) is 28.7 Å². The third-order valence-corrected chi connectivity index (χ3v) is 3.54. The number of amides is 1. The fourth-order valence-electron chi connectivity index (χ4n) is 1.74. The summed E-state index contributed by atoms with van der Waals surface area (Å²) in [4.78, 5) is 12.8. The van der Waals surface area contributed by atoms with Crippen molar-refractivity contribution in [1.29, 1.82) is 0 Å². The quantitative estimate of drug-likeness (QED) is 0.771. The smallest absolute Gasteiger partial charge is 0.275 e. The highest BCUT2D eigenvalue weighted by atomic mass is 79.9. The molecule has 1 atom stereocenters. The third-order valence-electron chi connectivity index (χ3n) is 3.02. The Morgan fingerprint density at radius 2 is 2.11 bits per heavy atom. The van der Waals surface area contributed by atoms with Crippen molar-refractivity contribution in [2.75, 3.05) is 26.7 Å². The average molecular weight is 328 g/mol. The van der Waals surface area contributed by atoms with Crippen molar-refractivity contribution < 1.29 is 14.4 Å². The van der Waals surface area contributed by atoms with Crippen LogP contribution in [-0.4, -0.2) is 38.7 Å². The molecule has 0 aliphatic heterocycles. The van der Waals surface area contributed by atoms with E-state index in [-0.39, 0.29) is 5.91 Å². The van der Waals surface area contributed by atoms with Crippen molar-refractivity contribution in [3.8, 4) is 5.75 Å². The number of nitrogens with one attached hydrogen (secondary N) is 2. The lowest BCUT2D eigenvalue weighted by Gasteiger charge is -2.14. The Morgan fingerprint density at radius 3 is 2.74 bits per heavy atom. The first-order chi connectivity index (χ1) is 9.13. The predicted octanol–water partition coefficient (Wildman–Crippen LogP) is 0.621. The van der Waals surface area contributed by atoms with Gasteiger partial charge in [0.25, 0.3) is 5.91 Å². The predicted molar refractivity (Wildman–Crippen MR) is 77.4 cm³/mol. The van der Waals surface area contributed by atoms with E-state index in [0.717, 1.165) is 34.5 Å². The van der Waals surface area contributed by atoms with Crippen molar-refractivity contribution in [3.05, 3.63) is 28.7 Å². The molecule has 1 saturated carbocycles. The second-order valence-corrected chi connectivity index (χ2v) is 5.94. The fourth-order valence-corrected chi connectivity index (χ4v) is 2.01. The Balaban J connectivity index is 1.61. The van der Waals surface area contributed by atoms with Gasteiger partial charge in [-0.25, -0.2) is 0 Å². The highest BCUT2D eigenvalue weighted by Gasteiger charge is 2.24. The molecule has 1 unspecified atom stereocenters. The summed E-state index contributed by atoms with van der Waals surface area (Å²) in [6, 6.07) is 8.21. The summed E-state index contributed by atoms with van der Waals surface area (Å²) in [6.07, 6.45) is 2.27. The molecule has 0 aromatic heterocycles. The van der Waals surface area contributed by atoms with Gasteiger partial charge in [-0.05, 0) is 37.1 Å². The van der Waals surface area contributed by atoms with Crippen molar-refractivity contribution in [1.82, 2.24) is 5.32 Å². The molecule has 0 bridgehead atoms. The van der Waals surface area contributed by atoms with Gasteiger partial charge in [0, 0.05) is 10.5 Å². The molecule has 0 spiro atoms. The zero-order valence-corrected chi connectivity index (χ0v) is 12.7. The maximum atomic E-state index is 11.6. The number of hydrogen-bond acceptors (Lipinski definition) is 2. The van der Waals surface area contributed by atoms with E-state index < -0.39 is 0 Å². The number of ether oxygens (including phenoxy) is 1.